The van der Waals surface area contributed by atoms with Crippen molar-refractivity contribution < 1.29 is 0 Å². The highest BCUT2D eigenvalue weighted by atomic mass is 13.8. The molecule has 0 aromatic carbocycles. The van der Waals surface area contributed by atoms with Crippen molar-refractivity contribution in [2.24, 2.45) is 5.92 Å². The molecule has 0 heterocycles. The molecule has 96 valence electrons. The highest BCUT2D eigenvalue weighted by Crippen LogP contribution is 1.95. The quantitative estimate of drug-likeness (QED) is 0.375. The second-order valence-corrected chi connectivity index (χ2v) is 4.15. The zero-order valence-electron chi connectivity index (χ0n) is 12.5. The third kappa shape index (κ3) is 252. The molecule has 0 radical (unpaired) electrons. The standard InChI is InChI=1S/C6H14.C4H10.C3H8.C2H4/c1-3-5-6-4-2;1-4(2)3;1-3-2;1-2/h3-6H2,1-2H3;4H,1-3H3;3H2,1-2H3;1-2H2. The van der Waals surface area contributed by atoms with Gasteiger partial charge in [0, 0.05) is 0 Å². The minimum atomic E-state index is 0.833. The highest BCUT2D eigenvalue weighted by Gasteiger charge is 1.75. The summed E-state index contributed by atoms with van der Waals surface area (Å²) in [5, 5.41) is 0. The lowest BCUT2D eigenvalue weighted by Gasteiger charge is -1.86. The van der Waals surface area contributed by atoms with E-state index in [-0.39, 0.29) is 0 Å². The van der Waals surface area contributed by atoms with Gasteiger partial charge in [0.25, 0.3) is 0 Å². The summed E-state index contributed by atoms with van der Waals surface area (Å²) in [6.07, 6.45) is 6.79. The Balaban J connectivity index is -0.0000000590. The number of hydrogen-bond donors (Lipinski definition) is 0. The fourth-order valence-corrected chi connectivity index (χ4v) is 0.500. The van der Waals surface area contributed by atoms with Gasteiger partial charge in [-0.3, -0.25) is 0 Å². The molecule has 0 fully saturated rings. The van der Waals surface area contributed by atoms with Gasteiger partial charge < -0.3 is 0 Å². The molecule has 0 saturated heterocycles. The zero-order chi connectivity index (χ0) is 13.1. The molecule has 0 aliphatic rings. The molecular weight excluding hydrogens is 180 g/mol. The summed E-state index contributed by atoms with van der Waals surface area (Å²) in [4.78, 5) is 0. The van der Waals surface area contributed by atoms with Crippen molar-refractivity contribution in [1.82, 2.24) is 0 Å². The maximum absolute atomic E-state index is 3.00. The van der Waals surface area contributed by atoms with Crippen molar-refractivity contribution >= 4 is 0 Å². The maximum Gasteiger partial charge on any atom is -0.0500 e. The molecule has 15 heavy (non-hydrogen) atoms. The Kier molecular flexibility index (Phi) is 59.9. The van der Waals surface area contributed by atoms with E-state index < -0.39 is 0 Å². The van der Waals surface area contributed by atoms with Crippen LogP contribution in [0.25, 0.3) is 0 Å². The molecule has 0 aromatic heterocycles. The van der Waals surface area contributed by atoms with Gasteiger partial charge in [-0.1, -0.05) is 80.6 Å². The van der Waals surface area contributed by atoms with Crippen LogP contribution in [0.3, 0.4) is 0 Å². The second-order valence-electron chi connectivity index (χ2n) is 4.15. The Labute approximate surface area is 100 Å². The molecule has 0 aliphatic heterocycles. The first-order valence-electron chi connectivity index (χ1n) is 6.56. The van der Waals surface area contributed by atoms with E-state index in [9.17, 15) is 0 Å². The summed E-state index contributed by atoms with van der Waals surface area (Å²) < 4.78 is 0. The number of rotatable bonds is 3. The Bertz CT molecular complexity index is 48.3. The number of hydrogen-bond acceptors (Lipinski definition) is 0. The first-order chi connectivity index (χ1) is 7.06. The molecule has 0 saturated carbocycles. The van der Waals surface area contributed by atoms with Crippen LogP contribution < -0.4 is 0 Å². The third-order valence-electron chi connectivity index (χ3n) is 0.957. The first kappa shape index (κ1) is 24.1. The predicted octanol–water partition coefficient (Wildman–Crippen LogP) is 6.47. The van der Waals surface area contributed by atoms with Gasteiger partial charge in [-0.2, -0.15) is 0 Å². The molecule has 0 amide bonds. The molecule has 0 aliphatic carbocycles. The Morgan fingerprint density at radius 3 is 0.933 bits per heavy atom. The van der Waals surface area contributed by atoms with Crippen LogP contribution in [-0.4, -0.2) is 0 Å². The average Bonchev–Trinajstić information content (AvgIpc) is 2.18. The van der Waals surface area contributed by atoms with Crippen molar-refractivity contribution in [2.45, 2.75) is 80.6 Å². The summed E-state index contributed by atoms with van der Waals surface area (Å²) in [6.45, 7) is 21.2. The van der Waals surface area contributed by atoms with E-state index in [2.05, 4.69) is 61.6 Å². The monoisotopic (exact) mass is 216 g/mol. The second kappa shape index (κ2) is 37.2. The fourth-order valence-electron chi connectivity index (χ4n) is 0.500. The molecule has 0 unspecified atom stereocenters. The molecule has 0 atom stereocenters. The molecule has 0 nitrogen and oxygen atoms in total. The van der Waals surface area contributed by atoms with E-state index in [1.807, 2.05) is 0 Å². The molecule has 0 spiro atoms. The molecule has 0 aromatic rings. The molecular formula is C15H36. The minimum Gasteiger partial charge on any atom is -0.106 e. The van der Waals surface area contributed by atoms with Gasteiger partial charge in [0.2, 0.25) is 0 Å². The van der Waals surface area contributed by atoms with E-state index in [1.165, 1.54) is 32.1 Å². The summed E-state index contributed by atoms with van der Waals surface area (Å²) in [5.74, 6) is 0.833. The summed E-state index contributed by atoms with van der Waals surface area (Å²) in [6, 6.07) is 0. The van der Waals surface area contributed by atoms with Crippen LogP contribution in [0.1, 0.15) is 80.6 Å². The van der Waals surface area contributed by atoms with Gasteiger partial charge in [-0.25, -0.2) is 0 Å². The molecule has 0 rings (SSSR count). The zero-order valence-corrected chi connectivity index (χ0v) is 12.5. The maximum atomic E-state index is 3.00. The van der Waals surface area contributed by atoms with E-state index in [0.29, 0.717) is 0 Å². The average molecular weight is 216 g/mol. The lowest BCUT2D eigenvalue weighted by atomic mass is 10.2. The Morgan fingerprint density at radius 2 is 0.867 bits per heavy atom. The van der Waals surface area contributed by atoms with Gasteiger partial charge >= 0.3 is 0 Å². The van der Waals surface area contributed by atoms with Crippen LogP contribution in [-0.2, 0) is 0 Å². The summed E-state index contributed by atoms with van der Waals surface area (Å²) >= 11 is 0. The van der Waals surface area contributed by atoms with Crippen LogP contribution in [0.4, 0.5) is 0 Å². The van der Waals surface area contributed by atoms with Gasteiger partial charge in [-0.15, -0.1) is 13.2 Å². The molecule has 0 bridgehead atoms. The van der Waals surface area contributed by atoms with E-state index in [0.717, 1.165) is 5.92 Å². The highest BCUT2D eigenvalue weighted by molar-refractivity contribution is 4.31. The SMILES string of the molecule is C=C.CC(C)C.CCC.CCCCCC. The largest absolute Gasteiger partial charge is 0.106 e. The summed E-state index contributed by atoms with van der Waals surface area (Å²) in [5.41, 5.74) is 0. The molecule has 0 N–H and O–H groups in total. The fraction of sp³-hybridized carbons (Fsp3) is 0.867. The lowest BCUT2D eigenvalue weighted by molar-refractivity contribution is 0.702. The third-order valence-corrected chi connectivity index (χ3v) is 0.957. The van der Waals surface area contributed by atoms with Crippen molar-refractivity contribution in [3.8, 4) is 0 Å². The smallest absolute Gasteiger partial charge is 0.0500 e. The molecule has 0 heteroatoms. The van der Waals surface area contributed by atoms with Gasteiger partial charge in [0.15, 0.2) is 0 Å². The summed E-state index contributed by atoms with van der Waals surface area (Å²) in [7, 11) is 0. The van der Waals surface area contributed by atoms with Crippen LogP contribution in [0, 0.1) is 5.92 Å². The normalized spacial score (nSPS) is 7.47. The van der Waals surface area contributed by atoms with Crippen molar-refractivity contribution in [1.29, 1.82) is 0 Å². The Hall–Kier alpha value is -0.260. The van der Waals surface area contributed by atoms with Gasteiger partial charge in [0.1, 0.15) is 0 Å². The van der Waals surface area contributed by atoms with Gasteiger partial charge in [-0.05, 0) is 5.92 Å². The lowest BCUT2D eigenvalue weighted by Crippen LogP contribution is -1.66. The Morgan fingerprint density at radius 1 is 0.733 bits per heavy atom. The van der Waals surface area contributed by atoms with Crippen LogP contribution in [0.5, 0.6) is 0 Å². The first-order valence-corrected chi connectivity index (χ1v) is 6.56. The van der Waals surface area contributed by atoms with Gasteiger partial charge in [0.05, 0.1) is 0 Å². The topological polar surface area (TPSA) is 0 Å². The van der Waals surface area contributed by atoms with Crippen LogP contribution in [0.15, 0.2) is 13.2 Å². The van der Waals surface area contributed by atoms with Crippen LogP contribution in [0.2, 0.25) is 0 Å². The predicted molar refractivity (Wildman–Crippen MR) is 77.5 cm³/mol. The van der Waals surface area contributed by atoms with E-state index >= 15 is 0 Å². The number of unbranched alkanes of at least 4 members (excludes halogenated alkanes) is 3. The van der Waals surface area contributed by atoms with Crippen LogP contribution >= 0.6 is 0 Å². The van der Waals surface area contributed by atoms with E-state index in [1.54, 1.807) is 0 Å². The van der Waals surface area contributed by atoms with E-state index in [4.69, 9.17) is 0 Å². The van der Waals surface area contributed by atoms with Crippen molar-refractivity contribution in [2.75, 3.05) is 0 Å². The minimum absolute atomic E-state index is 0.833. The van der Waals surface area contributed by atoms with Crippen molar-refractivity contribution in [3.63, 3.8) is 0 Å². The van der Waals surface area contributed by atoms with Crippen molar-refractivity contribution in [3.05, 3.63) is 13.2 Å².